The van der Waals surface area contributed by atoms with Crippen molar-refractivity contribution in [1.82, 2.24) is 15.3 Å². The van der Waals surface area contributed by atoms with Crippen LogP contribution in [0.15, 0.2) is 42.4 Å². The van der Waals surface area contributed by atoms with Gasteiger partial charge in [0.15, 0.2) is 0 Å². The molecule has 1 aliphatic heterocycles. The van der Waals surface area contributed by atoms with Gasteiger partial charge in [-0.25, -0.2) is 4.98 Å². The van der Waals surface area contributed by atoms with Gasteiger partial charge in [0.25, 0.3) is 0 Å². The Balaban J connectivity index is 1.56. The van der Waals surface area contributed by atoms with Crippen LogP contribution < -0.4 is 10.6 Å². The van der Waals surface area contributed by atoms with E-state index in [0.717, 1.165) is 40.5 Å². The third kappa shape index (κ3) is 3.71. The Hall–Kier alpha value is -2.73. The molecule has 0 saturated heterocycles. The van der Waals surface area contributed by atoms with E-state index in [4.69, 9.17) is 0 Å². The van der Waals surface area contributed by atoms with Gasteiger partial charge in [-0.1, -0.05) is 13.0 Å². The minimum atomic E-state index is -0.402. The van der Waals surface area contributed by atoms with E-state index in [1.807, 2.05) is 38.4 Å². The van der Waals surface area contributed by atoms with E-state index in [0.29, 0.717) is 12.2 Å². The number of amides is 1. The van der Waals surface area contributed by atoms with Gasteiger partial charge in [0.2, 0.25) is 5.91 Å². The Morgan fingerprint density at radius 3 is 2.85 bits per heavy atom. The number of carbonyl (C=O) groups excluding carboxylic acids is 1. The summed E-state index contributed by atoms with van der Waals surface area (Å²) in [6.45, 7) is 4.01. The van der Waals surface area contributed by atoms with E-state index >= 15 is 0 Å². The molecule has 0 aromatic carbocycles. The second-order valence-electron chi connectivity index (χ2n) is 7.33. The molecule has 2 atom stereocenters. The third-order valence-corrected chi connectivity index (χ3v) is 5.18. The molecule has 0 spiro atoms. The van der Waals surface area contributed by atoms with Crippen LogP contribution >= 0.6 is 0 Å². The van der Waals surface area contributed by atoms with Crippen LogP contribution in [-0.2, 0) is 4.79 Å². The van der Waals surface area contributed by atoms with Crippen LogP contribution in [0.5, 0.6) is 0 Å². The number of rotatable bonds is 5. The Labute approximate surface area is 158 Å². The molecule has 27 heavy (non-hydrogen) atoms. The molecule has 1 saturated carbocycles. The first-order chi connectivity index (χ1) is 13.0. The van der Waals surface area contributed by atoms with Crippen LogP contribution in [-0.4, -0.2) is 33.1 Å². The molecule has 140 valence electrons. The molecule has 4 rings (SSSR count). The zero-order valence-corrected chi connectivity index (χ0v) is 15.6. The van der Waals surface area contributed by atoms with Gasteiger partial charge < -0.3 is 15.7 Å². The molecule has 1 amide bonds. The van der Waals surface area contributed by atoms with Gasteiger partial charge in [0, 0.05) is 47.1 Å². The van der Waals surface area contributed by atoms with Crippen molar-refractivity contribution < 1.29 is 9.90 Å². The molecule has 0 bridgehead atoms. The average molecular weight is 364 g/mol. The topological polar surface area (TPSA) is 87.1 Å². The highest BCUT2D eigenvalue weighted by atomic mass is 16.3. The van der Waals surface area contributed by atoms with Crippen LogP contribution in [0.1, 0.15) is 38.7 Å². The standard InChI is InChI=1S/C21H24N4O2/c1-3-19(26)18-6-12(2)16(11-23-18)14-7-15-10-24-20(8-17(15)22-9-14)25-21(27)13-4-5-13/h6-11,13,18-19,23,26H,3-5H2,1-2H3,(H,24,25,27). The molecule has 2 aromatic heterocycles. The summed E-state index contributed by atoms with van der Waals surface area (Å²) in [7, 11) is 0. The predicted octanol–water partition coefficient (Wildman–Crippen LogP) is 3.01. The number of nitrogens with zero attached hydrogens (tertiary/aromatic N) is 2. The normalized spacial score (nSPS) is 20.5. The minimum absolute atomic E-state index is 0.0430. The quantitative estimate of drug-likeness (QED) is 0.759. The lowest BCUT2D eigenvalue weighted by atomic mass is 9.94. The maximum absolute atomic E-state index is 11.9. The summed E-state index contributed by atoms with van der Waals surface area (Å²) in [5.74, 6) is 0.737. The van der Waals surface area contributed by atoms with Gasteiger partial charge in [-0.2, -0.15) is 0 Å². The molecule has 0 radical (unpaired) electrons. The Bertz CT molecular complexity index is 946. The summed E-state index contributed by atoms with van der Waals surface area (Å²) in [6, 6.07) is 3.79. The Morgan fingerprint density at radius 1 is 1.33 bits per heavy atom. The smallest absolute Gasteiger partial charge is 0.228 e. The summed E-state index contributed by atoms with van der Waals surface area (Å²) in [5.41, 5.74) is 3.94. The number of hydrogen-bond donors (Lipinski definition) is 3. The van der Waals surface area contributed by atoms with Crippen molar-refractivity contribution in [3.8, 4) is 0 Å². The van der Waals surface area contributed by atoms with E-state index in [1.54, 1.807) is 6.20 Å². The van der Waals surface area contributed by atoms with Crippen molar-refractivity contribution in [2.45, 2.75) is 45.3 Å². The molecule has 6 nitrogen and oxygen atoms in total. The highest BCUT2D eigenvalue weighted by Gasteiger charge is 2.29. The first kappa shape index (κ1) is 17.7. The third-order valence-electron chi connectivity index (χ3n) is 5.18. The predicted molar refractivity (Wildman–Crippen MR) is 106 cm³/mol. The second-order valence-corrected chi connectivity index (χ2v) is 7.33. The van der Waals surface area contributed by atoms with Crippen LogP contribution in [0.2, 0.25) is 0 Å². The van der Waals surface area contributed by atoms with Gasteiger partial charge in [0.05, 0.1) is 17.7 Å². The van der Waals surface area contributed by atoms with Crippen molar-refractivity contribution in [2.24, 2.45) is 5.92 Å². The molecule has 3 heterocycles. The lowest BCUT2D eigenvalue weighted by Crippen LogP contribution is -2.37. The number of fused-ring (bicyclic) bond motifs is 1. The fourth-order valence-electron chi connectivity index (χ4n) is 3.30. The first-order valence-corrected chi connectivity index (χ1v) is 9.45. The van der Waals surface area contributed by atoms with Gasteiger partial charge in [0.1, 0.15) is 5.82 Å². The maximum atomic E-state index is 11.9. The zero-order valence-electron chi connectivity index (χ0n) is 15.6. The highest BCUT2D eigenvalue weighted by Crippen LogP contribution is 2.31. The zero-order chi connectivity index (χ0) is 19.0. The molecular weight excluding hydrogens is 340 g/mol. The summed E-state index contributed by atoms with van der Waals surface area (Å²) in [4.78, 5) is 20.8. The molecular formula is C21H24N4O2. The molecule has 2 aromatic rings. The number of nitrogens with one attached hydrogen (secondary N) is 2. The van der Waals surface area contributed by atoms with Gasteiger partial charge in [-0.05, 0) is 37.8 Å². The number of carbonyl (C=O) groups is 1. The second kappa shape index (κ2) is 7.12. The summed E-state index contributed by atoms with van der Waals surface area (Å²) in [6.07, 6.45) is 9.81. The molecule has 2 unspecified atom stereocenters. The summed E-state index contributed by atoms with van der Waals surface area (Å²) in [5, 5.41) is 17.1. The number of anilines is 1. The SMILES string of the molecule is CCC(O)C1C=C(C)C(c2cnc3cc(NC(=O)C4CC4)ncc3c2)=CN1. The van der Waals surface area contributed by atoms with Crippen molar-refractivity contribution in [3.05, 3.63) is 47.9 Å². The first-order valence-electron chi connectivity index (χ1n) is 9.45. The lowest BCUT2D eigenvalue weighted by molar-refractivity contribution is -0.117. The molecule has 3 N–H and O–H groups in total. The lowest BCUT2D eigenvalue weighted by Gasteiger charge is -2.25. The fraction of sp³-hybridized carbons (Fsp3) is 0.381. The largest absolute Gasteiger partial charge is 0.391 e. The number of dihydropyridines is 1. The van der Waals surface area contributed by atoms with E-state index < -0.39 is 6.10 Å². The van der Waals surface area contributed by atoms with Crippen molar-refractivity contribution in [2.75, 3.05) is 5.32 Å². The van der Waals surface area contributed by atoms with E-state index in [9.17, 15) is 9.90 Å². The van der Waals surface area contributed by atoms with Crippen LogP contribution in [0.3, 0.4) is 0 Å². The Morgan fingerprint density at radius 2 is 2.15 bits per heavy atom. The van der Waals surface area contributed by atoms with Gasteiger partial charge in [-0.15, -0.1) is 0 Å². The molecule has 6 heteroatoms. The fourth-order valence-corrected chi connectivity index (χ4v) is 3.30. The van der Waals surface area contributed by atoms with E-state index in [1.165, 1.54) is 0 Å². The van der Waals surface area contributed by atoms with Crippen LogP contribution in [0, 0.1) is 5.92 Å². The number of aromatic nitrogens is 2. The van der Waals surface area contributed by atoms with Gasteiger partial charge in [-0.3, -0.25) is 9.78 Å². The summed E-state index contributed by atoms with van der Waals surface area (Å²) < 4.78 is 0. The van der Waals surface area contributed by atoms with Gasteiger partial charge >= 0.3 is 0 Å². The van der Waals surface area contributed by atoms with Crippen molar-refractivity contribution >= 4 is 28.2 Å². The maximum Gasteiger partial charge on any atom is 0.228 e. The summed E-state index contributed by atoms with van der Waals surface area (Å²) >= 11 is 0. The molecule has 2 aliphatic rings. The highest BCUT2D eigenvalue weighted by molar-refractivity contribution is 5.95. The van der Waals surface area contributed by atoms with E-state index in [2.05, 4.69) is 26.7 Å². The number of aliphatic hydroxyl groups is 1. The number of allylic oxidation sites excluding steroid dienone is 2. The number of pyridine rings is 2. The van der Waals surface area contributed by atoms with E-state index in [-0.39, 0.29) is 17.9 Å². The molecule has 1 fully saturated rings. The van der Waals surface area contributed by atoms with Crippen LogP contribution in [0.4, 0.5) is 5.82 Å². The number of aliphatic hydroxyl groups excluding tert-OH is 1. The van der Waals surface area contributed by atoms with Crippen molar-refractivity contribution in [3.63, 3.8) is 0 Å². The monoisotopic (exact) mass is 364 g/mol. The van der Waals surface area contributed by atoms with Crippen LogP contribution in [0.25, 0.3) is 16.5 Å². The van der Waals surface area contributed by atoms with Crippen molar-refractivity contribution in [1.29, 1.82) is 0 Å². The number of hydrogen-bond acceptors (Lipinski definition) is 5. The molecule has 1 aliphatic carbocycles. The minimum Gasteiger partial charge on any atom is -0.391 e. The average Bonchev–Trinajstić information content (AvgIpc) is 3.52. The Kier molecular flexibility index (Phi) is 4.66.